The fourth-order valence-corrected chi connectivity index (χ4v) is 2.34. The predicted octanol–water partition coefficient (Wildman–Crippen LogP) is 1.68. The van der Waals surface area contributed by atoms with Gasteiger partial charge in [0.2, 0.25) is 5.91 Å². The Labute approximate surface area is 137 Å². The van der Waals surface area contributed by atoms with Crippen molar-refractivity contribution in [3.05, 3.63) is 0 Å². The van der Waals surface area contributed by atoms with Crippen molar-refractivity contribution in [2.45, 2.75) is 40.7 Å². The molecule has 0 heterocycles. The van der Waals surface area contributed by atoms with Gasteiger partial charge in [0.25, 0.3) is 0 Å². The Morgan fingerprint density at radius 2 is 1.82 bits per heavy atom. The zero-order chi connectivity index (χ0) is 17.1. The Kier molecular flexibility index (Phi) is 11.5. The molecule has 0 saturated heterocycles. The fraction of sp³-hybridized carbons (Fsp3) is 0.941. The van der Waals surface area contributed by atoms with Gasteiger partial charge < -0.3 is 15.0 Å². The van der Waals surface area contributed by atoms with Gasteiger partial charge >= 0.3 is 0 Å². The predicted molar refractivity (Wildman–Crippen MR) is 93.1 cm³/mol. The number of hydrogen-bond acceptors (Lipinski definition) is 4. The minimum atomic E-state index is 0.0324. The molecular weight excluding hydrogens is 278 g/mol. The quantitative estimate of drug-likeness (QED) is 0.557. The van der Waals surface area contributed by atoms with Gasteiger partial charge in [0.1, 0.15) is 0 Å². The largest absolute Gasteiger partial charge is 0.378 e. The number of carbonyl (C=O) groups excluding carboxylic acids is 1. The summed E-state index contributed by atoms with van der Waals surface area (Å²) >= 11 is 0. The smallest absolute Gasteiger partial charge is 0.224 e. The molecule has 1 atom stereocenters. The molecule has 5 nitrogen and oxygen atoms in total. The van der Waals surface area contributed by atoms with E-state index in [0.29, 0.717) is 12.5 Å². The van der Waals surface area contributed by atoms with E-state index in [1.807, 2.05) is 20.9 Å². The maximum absolute atomic E-state index is 12.0. The molecule has 0 aliphatic carbocycles. The highest BCUT2D eigenvalue weighted by Crippen LogP contribution is 2.04. The van der Waals surface area contributed by atoms with E-state index in [-0.39, 0.29) is 17.9 Å². The first-order valence-electron chi connectivity index (χ1n) is 8.52. The van der Waals surface area contributed by atoms with Crippen molar-refractivity contribution in [2.24, 2.45) is 11.8 Å². The van der Waals surface area contributed by atoms with E-state index in [9.17, 15) is 4.79 Å². The number of likely N-dealkylation sites (N-methyl/N-ethyl adjacent to an activating group) is 2. The van der Waals surface area contributed by atoms with E-state index < -0.39 is 0 Å². The Bertz CT molecular complexity index is 296. The molecule has 1 amide bonds. The number of rotatable bonds is 12. The lowest BCUT2D eigenvalue weighted by Gasteiger charge is -2.29. The van der Waals surface area contributed by atoms with Crippen LogP contribution in [0.15, 0.2) is 0 Å². The molecule has 0 rings (SSSR count). The van der Waals surface area contributed by atoms with Crippen LogP contribution in [0.1, 0.15) is 34.6 Å². The van der Waals surface area contributed by atoms with Crippen LogP contribution in [-0.4, -0.2) is 75.2 Å². The first kappa shape index (κ1) is 21.4. The van der Waals surface area contributed by atoms with Crippen LogP contribution in [0.25, 0.3) is 0 Å². The normalized spacial score (nSPS) is 13.2. The Morgan fingerprint density at radius 1 is 1.18 bits per heavy atom. The molecular formula is C17H37N3O2. The third-order valence-corrected chi connectivity index (χ3v) is 3.75. The van der Waals surface area contributed by atoms with Gasteiger partial charge in [0.15, 0.2) is 0 Å². The molecule has 22 heavy (non-hydrogen) atoms. The summed E-state index contributed by atoms with van der Waals surface area (Å²) in [6.07, 6.45) is 0.0535. The average molecular weight is 316 g/mol. The maximum atomic E-state index is 12.0. The first-order chi connectivity index (χ1) is 10.3. The molecule has 0 aromatic heterocycles. The summed E-state index contributed by atoms with van der Waals surface area (Å²) in [5.41, 5.74) is 0. The molecule has 0 radical (unpaired) electrons. The van der Waals surface area contributed by atoms with Crippen LogP contribution >= 0.6 is 0 Å². The molecule has 0 unspecified atom stereocenters. The standard InChI is InChI=1S/C17H37N3O2/c1-8-20(10-9-18-11-14(2)3)13-16(22-7)12-19(6)17(21)15(4)5/h14-16,18H,8-13H2,1-7H3/t16-/m0/s1. The van der Waals surface area contributed by atoms with Crippen LogP contribution in [0, 0.1) is 11.8 Å². The van der Waals surface area contributed by atoms with Crippen molar-refractivity contribution in [1.29, 1.82) is 0 Å². The zero-order valence-electron chi connectivity index (χ0n) is 15.7. The van der Waals surface area contributed by atoms with Gasteiger partial charge in [-0.25, -0.2) is 0 Å². The average Bonchev–Trinajstić information content (AvgIpc) is 2.47. The summed E-state index contributed by atoms with van der Waals surface area (Å²) in [4.78, 5) is 16.1. The van der Waals surface area contributed by atoms with Crippen LogP contribution in [-0.2, 0) is 9.53 Å². The summed E-state index contributed by atoms with van der Waals surface area (Å²) in [5.74, 6) is 0.881. The number of amides is 1. The molecule has 0 aliphatic heterocycles. The topological polar surface area (TPSA) is 44.8 Å². The van der Waals surface area contributed by atoms with Crippen molar-refractivity contribution >= 4 is 5.91 Å². The highest BCUT2D eigenvalue weighted by molar-refractivity contribution is 5.77. The Hall–Kier alpha value is -0.650. The van der Waals surface area contributed by atoms with Gasteiger partial charge in [-0.05, 0) is 19.0 Å². The fourth-order valence-electron chi connectivity index (χ4n) is 2.34. The second-order valence-corrected chi connectivity index (χ2v) is 6.72. The zero-order valence-corrected chi connectivity index (χ0v) is 15.7. The van der Waals surface area contributed by atoms with Crippen LogP contribution in [0.2, 0.25) is 0 Å². The minimum Gasteiger partial charge on any atom is -0.378 e. The molecule has 5 heteroatoms. The minimum absolute atomic E-state index is 0.0324. The van der Waals surface area contributed by atoms with E-state index >= 15 is 0 Å². The highest BCUT2D eigenvalue weighted by Gasteiger charge is 2.19. The SMILES string of the molecule is CCN(CCNCC(C)C)C[C@H](CN(C)C(=O)C(C)C)OC. The third kappa shape index (κ3) is 9.38. The van der Waals surface area contributed by atoms with E-state index in [0.717, 1.165) is 32.7 Å². The number of nitrogens with zero attached hydrogens (tertiary/aromatic N) is 2. The second-order valence-electron chi connectivity index (χ2n) is 6.72. The van der Waals surface area contributed by atoms with Crippen molar-refractivity contribution in [3.63, 3.8) is 0 Å². The lowest BCUT2D eigenvalue weighted by atomic mass is 10.2. The molecule has 0 saturated carbocycles. The summed E-state index contributed by atoms with van der Waals surface area (Å²) in [7, 11) is 3.58. The summed E-state index contributed by atoms with van der Waals surface area (Å²) in [6, 6.07) is 0. The van der Waals surface area contributed by atoms with Crippen molar-refractivity contribution in [2.75, 3.05) is 53.4 Å². The van der Waals surface area contributed by atoms with Gasteiger partial charge in [-0.1, -0.05) is 34.6 Å². The van der Waals surface area contributed by atoms with Crippen LogP contribution in [0.4, 0.5) is 0 Å². The van der Waals surface area contributed by atoms with Crippen molar-refractivity contribution in [1.82, 2.24) is 15.1 Å². The molecule has 0 spiro atoms. The van der Waals surface area contributed by atoms with E-state index in [1.165, 1.54) is 0 Å². The summed E-state index contributed by atoms with van der Waals surface area (Å²) in [6.45, 7) is 16.0. The van der Waals surface area contributed by atoms with E-state index in [2.05, 4.69) is 31.0 Å². The van der Waals surface area contributed by atoms with E-state index in [1.54, 1.807) is 12.0 Å². The van der Waals surface area contributed by atoms with Gasteiger partial charge in [0.05, 0.1) is 6.10 Å². The van der Waals surface area contributed by atoms with Crippen LogP contribution in [0.5, 0.6) is 0 Å². The van der Waals surface area contributed by atoms with Crippen LogP contribution in [0.3, 0.4) is 0 Å². The molecule has 132 valence electrons. The highest BCUT2D eigenvalue weighted by atomic mass is 16.5. The number of methoxy groups -OCH3 is 1. The molecule has 0 bridgehead atoms. The molecule has 0 aromatic carbocycles. The van der Waals surface area contributed by atoms with Gasteiger partial charge in [0, 0.05) is 46.3 Å². The van der Waals surface area contributed by atoms with Gasteiger partial charge in [-0.2, -0.15) is 0 Å². The Balaban J connectivity index is 4.22. The monoisotopic (exact) mass is 315 g/mol. The summed E-state index contributed by atoms with van der Waals surface area (Å²) < 4.78 is 5.57. The molecule has 1 N–H and O–H groups in total. The van der Waals surface area contributed by atoms with Crippen molar-refractivity contribution in [3.8, 4) is 0 Å². The van der Waals surface area contributed by atoms with Crippen LogP contribution < -0.4 is 5.32 Å². The summed E-state index contributed by atoms with van der Waals surface area (Å²) in [5, 5.41) is 3.47. The molecule has 0 aliphatic rings. The maximum Gasteiger partial charge on any atom is 0.224 e. The molecule has 0 fully saturated rings. The number of hydrogen-bond donors (Lipinski definition) is 1. The number of carbonyl (C=O) groups is 1. The molecule has 0 aromatic rings. The lowest BCUT2D eigenvalue weighted by molar-refractivity contribution is -0.134. The van der Waals surface area contributed by atoms with Gasteiger partial charge in [-0.3, -0.25) is 9.69 Å². The lowest BCUT2D eigenvalue weighted by Crippen LogP contribution is -2.44. The number of nitrogens with one attached hydrogen (secondary N) is 1. The second kappa shape index (κ2) is 11.9. The third-order valence-electron chi connectivity index (χ3n) is 3.75. The first-order valence-corrected chi connectivity index (χ1v) is 8.52. The van der Waals surface area contributed by atoms with Crippen molar-refractivity contribution < 1.29 is 9.53 Å². The van der Waals surface area contributed by atoms with E-state index in [4.69, 9.17) is 4.74 Å². The van der Waals surface area contributed by atoms with Gasteiger partial charge in [-0.15, -0.1) is 0 Å². The Morgan fingerprint density at radius 3 is 2.27 bits per heavy atom. The number of ether oxygens (including phenoxy) is 1.